The van der Waals surface area contributed by atoms with Gasteiger partial charge in [-0.2, -0.15) is 0 Å². The first-order valence-electron chi connectivity index (χ1n) is 10.2. The van der Waals surface area contributed by atoms with Crippen molar-refractivity contribution < 1.29 is 5.11 Å². The molecular formula is C26H26O. The summed E-state index contributed by atoms with van der Waals surface area (Å²) in [6.07, 6.45) is 3.85. The number of aliphatic hydroxyl groups is 1. The summed E-state index contributed by atoms with van der Waals surface area (Å²) in [5.41, 5.74) is 7.10. The van der Waals surface area contributed by atoms with E-state index in [0.717, 1.165) is 25.7 Å². The van der Waals surface area contributed by atoms with Crippen molar-refractivity contribution in [1.82, 2.24) is 0 Å². The van der Waals surface area contributed by atoms with Crippen molar-refractivity contribution in [2.75, 3.05) is 0 Å². The zero-order valence-corrected chi connectivity index (χ0v) is 15.6. The van der Waals surface area contributed by atoms with Gasteiger partial charge in [-0.05, 0) is 65.3 Å². The van der Waals surface area contributed by atoms with Crippen molar-refractivity contribution in [2.45, 2.75) is 37.7 Å². The minimum atomic E-state index is -0.264. The van der Waals surface area contributed by atoms with Crippen molar-refractivity contribution in [3.8, 4) is 0 Å². The molecule has 3 aromatic carbocycles. The fourth-order valence-electron chi connectivity index (χ4n) is 5.49. The molecule has 0 aliphatic heterocycles. The Morgan fingerprint density at radius 2 is 1.30 bits per heavy atom. The fraction of sp³-hybridized carbons (Fsp3) is 0.308. The van der Waals surface area contributed by atoms with E-state index in [1.807, 2.05) is 0 Å². The van der Waals surface area contributed by atoms with Crippen LogP contribution in [0.2, 0.25) is 0 Å². The highest BCUT2D eigenvalue weighted by molar-refractivity contribution is 5.39. The lowest BCUT2D eigenvalue weighted by Crippen LogP contribution is -2.30. The first-order valence-corrected chi connectivity index (χ1v) is 10.2. The molecular weight excluding hydrogens is 328 g/mol. The molecule has 3 atom stereocenters. The number of benzene rings is 3. The molecule has 0 fully saturated rings. The van der Waals surface area contributed by atoms with Crippen molar-refractivity contribution >= 4 is 0 Å². The zero-order chi connectivity index (χ0) is 18.2. The molecule has 0 amide bonds. The van der Waals surface area contributed by atoms with Gasteiger partial charge in [0.05, 0.1) is 6.10 Å². The van der Waals surface area contributed by atoms with Gasteiger partial charge in [-0.1, -0.05) is 78.9 Å². The van der Waals surface area contributed by atoms with Gasteiger partial charge in [-0.15, -0.1) is 0 Å². The second kappa shape index (κ2) is 6.98. The normalized spacial score (nSPS) is 22.4. The van der Waals surface area contributed by atoms with Gasteiger partial charge in [0, 0.05) is 5.92 Å². The van der Waals surface area contributed by atoms with E-state index in [4.69, 9.17) is 0 Å². The van der Waals surface area contributed by atoms with Gasteiger partial charge in [-0.3, -0.25) is 0 Å². The third-order valence-corrected chi connectivity index (χ3v) is 6.72. The third-order valence-electron chi connectivity index (χ3n) is 6.72. The molecule has 0 spiro atoms. The highest BCUT2D eigenvalue weighted by Crippen LogP contribution is 2.46. The van der Waals surface area contributed by atoms with E-state index in [-0.39, 0.29) is 12.0 Å². The minimum Gasteiger partial charge on any atom is -0.392 e. The molecule has 1 N–H and O–H groups in total. The van der Waals surface area contributed by atoms with Gasteiger partial charge in [0.15, 0.2) is 0 Å². The number of aliphatic hydroxyl groups excluding tert-OH is 1. The summed E-state index contributed by atoms with van der Waals surface area (Å²) in [4.78, 5) is 0. The van der Waals surface area contributed by atoms with E-state index in [9.17, 15) is 5.11 Å². The predicted molar refractivity (Wildman–Crippen MR) is 110 cm³/mol. The highest BCUT2D eigenvalue weighted by atomic mass is 16.3. The van der Waals surface area contributed by atoms with E-state index in [1.54, 1.807) is 0 Å². The summed E-state index contributed by atoms with van der Waals surface area (Å²) in [5.74, 6) is 1.28. The van der Waals surface area contributed by atoms with Crippen LogP contribution in [0.1, 0.15) is 33.7 Å². The molecule has 1 nitrogen and oxygen atoms in total. The average Bonchev–Trinajstić information content (AvgIpc) is 3.27. The Morgan fingerprint density at radius 1 is 0.704 bits per heavy atom. The van der Waals surface area contributed by atoms with Crippen LogP contribution in [0.25, 0.3) is 0 Å². The molecule has 2 aliphatic rings. The molecule has 5 rings (SSSR count). The molecule has 0 radical (unpaired) electrons. The molecule has 0 heterocycles. The second-order valence-corrected chi connectivity index (χ2v) is 8.29. The first kappa shape index (κ1) is 16.8. The molecule has 3 unspecified atom stereocenters. The van der Waals surface area contributed by atoms with Crippen LogP contribution >= 0.6 is 0 Å². The SMILES string of the molecule is OC1Cc2ccccc2C1C(Cc1ccccc1)C1Cc2ccccc2C1. The Balaban J connectivity index is 1.51. The summed E-state index contributed by atoms with van der Waals surface area (Å²) in [5, 5.41) is 11.0. The number of fused-ring (bicyclic) bond motifs is 2. The summed E-state index contributed by atoms with van der Waals surface area (Å²) in [6.45, 7) is 0. The lowest BCUT2D eigenvalue weighted by molar-refractivity contribution is 0.108. The van der Waals surface area contributed by atoms with Crippen molar-refractivity contribution in [3.63, 3.8) is 0 Å². The van der Waals surface area contributed by atoms with Gasteiger partial charge in [0.25, 0.3) is 0 Å². The molecule has 27 heavy (non-hydrogen) atoms. The van der Waals surface area contributed by atoms with Crippen molar-refractivity contribution in [1.29, 1.82) is 0 Å². The smallest absolute Gasteiger partial charge is 0.0652 e. The second-order valence-electron chi connectivity index (χ2n) is 8.29. The van der Waals surface area contributed by atoms with E-state index in [2.05, 4.69) is 78.9 Å². The topological polar surface area (TPSA) is 20.2 Å². The Labute approximate surface area is 161 Å². The Hall–Kier alpha value is -2.38. The average molecular weight is 354 g/mol. The predicted octanol–water partition coefficient (Wildman–Crippen LogP) is 4.96. The van der Waals surface area contributed by atoms with Crippen LogP contribution in [0.3, 0.4) is 0 Å². The van der Waals surface area contributed by atoms with Gasteiger partial charge in [0.2, 0.25) is 0 Å². The summed E-state index contributed by atoms with van der Waals surface area (Å²) in [7, 11) is 0. The fourth-order valence-corrected chi connectivity index (χ4v) is 5.49. The first-order chi connectivity index (χ1) is 13.3. The lowest BCUT2D eigenvalue weighted by atomic mass is 9.73. The van der Waals surface area contributed by atoms with E-state index < -0.39 is 0 Å². The Kier molecular flexibility index (Phi) is 4.33. The Bertz CT molecular complexity index is 905. The van der Waals surface area contributed by atoms with Crippen LogP contribution in [0.4, 0.5) is 0 Å². The summed E-state index contributed by atoms with van der Waals surface area (Å²) in [6, 6.07) is 28.4. The number of hydrogen-bond donors (Lipinski definition) is 1. The molecule has 0 saturated carbocycles. The van der Waals surface area contributed by atoms with E-state index in [0.29, 0.717) is 11.8 Å². The maximum absolute atomic E-state index is 11.0. The van der Waals surface area contributed by atoms with Crippen LogP contribution < -0.4 is 0 Å². The van der Waals surface area contributed by atoms with Crippen molar-refractivity contribution in [2.24, 2.45) is 11.8 Å². The van der Waals surface area contributed by atoms with Crippen LogP contribution in [0.15, 0.2) is 78.9 Å². The maximum Gasteiger partial charge on any atom is 0.0652 e. The van der Waals surface area contributed by atoms with Gasteiger partial charge < -0.3 is 5.11 Å². The van der Waals surface area contributed by atoms with Crippen LogP contribution in [0, 0.1) is 11.8 Å². The van der Waals surface area contributed by atoms with Gasteiger partial charge in [0.1, 0.15) is 0 Å². The summed E-state index contributed by atoms with van der Waals surface area (Å²) < 4.78 is 0. The van der Waals surface area contributed by atoms with Crippen molar-refractivity contribution in [3.05, 3.63) is 107 Å². The van der Waals surface area contributed by atoms with E-state index in [1.165, 1.54) is 27.8 Å². The minimum absolute atomic E-state index is 0.237. The molecule has 3 aromatic rings. The highest BCUT2D eigenvalue weighted by Gasteiger charge is 2.41. The van der Waals surface area contributed by atoms with Crippen LogP contribution in [-0.2, 0) is 25.7 Å². The molecule has 2 aliphatic carbocycles. The largest absolute Gasteiger partial charge is 0.392 e. The molecule has 0 saturated heterocycles. The van der Waals surface area contributed by atoms with Gasteiger partial charge >= 0.3 is 0 Å². The molecule has 0 bridgehead atoms. The molecule has 136 valence electrons. The van der Waals surface area contributed by atoms with Gasteiger partial charge in [-0.25, -0.2) is 0 Å². The quantitative estimate of drug-likeness (QED) is 0.702. The third kappa shape index (κ3) is 3.11. The lowest BCUT2D eigenvalue weighted by Gasteiger charge is -2.32. The summed E-state index contributed by atoms with van der Waals surface area (Å²) >= 11 is 0. The van der Waals surface area contributed by atoms with Crippen LogP contribution in [0.5, 0.6) is 0 Å². The molecule has 1 heteroatoms. The van der Waals surface area contributed by atoms with E-state index >= 15 is 0 Å². The van der Waals surface area contributed by atoms with Crippen LogP contribution in [-0.4, -0.2) is 11.2 Å². The monoisotopic (exact) mass is 354 g/mol. The number of rotatable bonds is 4. The number of hydrogen-bond acceptors (Lipinski definition) is 1. The maximum atomic E-state index is 11.0. The molecule has 0 aromatic heterocycles. The zero-order valence-electron chi connectivity index (χ0n) is 15.6. The Morgan fingerprint density at radius 3 is 2.00 bits per heavy atom. The standard InChI is InChI=1S/C26H26O/c27-25-17-21-12-6-7-13-23(21)26(25)24(14-18-8-2-1-3-9-18)22-15-19-10-4-5-11-20(19)16-22/h1-13,22,24-27H,14-17H2.